The normalized spacial score (nSPS) is 12.8. The first-order valence-corrected chi connectivity index (χ1v) is 9.24. The summed E-state index contributed by atoms with van der Waals surface area (Å²) in [5, 5.41) is 13.2. The number of fused-ring (bicyclic) bond motifs is 1. The van der Waals surface area contributed by atoms with Crippen molar-refractivity contribution in [2.45, 2.75) is 10.9 Å². The Morgan fingerprint density at radius 2 is 2.00 bits per heavy atom. The van der Waals surface area contributed by atoms with Crippen molar-refractivity contribution in [1.29, 1.82) is 0 Å². The molecule has 0 radical (unpaired) electrons. The van der Waals surface area contributed by atoms with Gasteiger partial charge in [-0.25, -0.2) is 0 Å². The van der Waals surface area contributed by atoms with Gasteiger partial charge in [0.2, 0.25) is 5.16 Å². The fraction of sp³-hybridized carbons (Fsp3) is 0.235. The molecule has 0 atom stereocenters. The highest BCUT2D eigenvalue weighted by molar-refractivity contribution is 7.98. The Labute approximate surface area is 159 Å². The van der Waals surface area contributed by atoms with E-state index in [0.717, 1.165) is 17.0 Å². The minimum absolute atomic E-state index is 0.511. The Kier molecular flexibility index (Phi) is 4.85. The first kappa shape index (κ1) is 17.0. The van der Waals surface area contributed by atoms with Gasteiger partial charge in [-0.1, -0.05) is 23.4 Å². The monoisotopic (exact) mass is 390 g/mol. The lowest BCUT2D eigenvalue weighted by molar-refractivity contribution is 0.171. The lowest BCUT2D eigenvalue weighted by Crippen LogP contribution is -2.15. The lowest BCUT2D eigenvalue weighted by atomic mass is 10.2. The molecule has 0 N–H and O–H groups in total. The van der Waals surface area contributed by atoms with Gasteiger partial charge in [0.15, 0.2) is 11.5 Å². The predicted octanol–water partition coefficient (Wildman–Crippen LogP) is 3.39. The van der Waals surface area contributed by atoms with Crippen LogP contribution in [-0.2, 0) is 5.75 Å². The van der Waals surface area contributed by atoms with Crippen molar-refractivity contribution < 1.29 is 14.2 Å². The largest absolute Gasteiger partial charge is 0.497 e. The van der Waals surface area contributed by atoms with Gasteiger partial charge in [-0.2, -0.15) is 4.68 Å². The third kappa shape index (κ3) is 3.42. The number of ether oxygens (including phenoxy) is 3. The van der Waals surface area contributed by atoms with Crippen LogP contribution in [0.25, 0.3) is 5.69 Å². The maximum absolute atomic E-state index is 6.29. The van der Waals surface area contributed by atoms with Crippen LogP contribution in [0.3, 0.4) is 0 Å². The topological polar surface area (TPSA) is 71.3 Å². The highest BCUT2D eigenvalue weighted by Gasteiger charge is 2.17. The second-order valence-corrected chi connectivity index (χ2v) is 6.81. The fourth-order valence-electron chi connectivity index (χ4n) is 2.55. The molecule has 0 amide bonds. The molecular formula is C17H15ClN4O3S. The summed E-state index contributed by atoms with van der Waals surface area (Å²) in [5.41, 5.74) is 1.87. The molecule has 2 heterocycles. The average molecular weight is 391 g/mol. The van der Waals surface area contributed by atoms with Gasteiger partial charge >= 0.3 is 0 Å². The van der Waals surface area contributed by atoms with Crippen molar-refractivity contribution >= 4 is 23.4 Å². The van der Waals surface area contributed by atoms with Gasteiger partial charge in [0.1, 0.15) is 19.0 Å². The zero-order valence-electron chi connectivity index (χ0n) is 13.9. The number of methoxy groups -OCH3 is 1. The number of hydrogen-bond donors (Lipinski definition) is 0. The third-order valence-corrected chi connectivity index (χ3v) is 5.05. The van der Waals surface area contributed by atoms with Crippen LogP contribution in [0.15, 0.2) is 41.6 Å². The third-order valence-electron chi connectivity index (χ3n) is 3.78. The summed E-state index contributed by atoms with van der Waals surface area (Å²) in [6.07, 6.45) is 0. The summed E-state index contributed by atoms with van der Waals surface area (Å²) >= 11 is 7.80. The molecule has 0 fully saturated rings. The molecule has 134 valence electrons. The first-order chi connectivity index (χ1) is 12.7. The van der Waals surface area contributed by atoms with Crippen molar-refractivity contribution in [3.05, 3.63) is 47.0 Å². The van der Waals surface area contributed by atoms with Gasteiger partial charge < -0.3 is 14.2 Å². The minimum atomic E-state index is 0.511. The fourth-order valence-corrected chi connectivity index (χ4v) is 3.66. The molecule has 7 nitrogen and oxygen atoms in total. The van der Waals surface area contributed by atoms with E-state index in [9.17, 15) is 0 Å². The maximum atomic E-state index is 6.29. The highest BCUT2D eigenvalue weighted by Crippen LogP contribution is 2.39. The summed E-state index contributed by atoms with van der Waals surface area (Å²) in [4.78, 5) is 0. The van der Waals surface area contributed by atoms with Crippen molar-refractivity contribution in [1.82, 2.24) is 20.2 Å². The van der Waals surface area contributed by atoms with Crippen LogP contribution in [0.4, 0.5) is 0 Å². The van der Waals surface area contributed by atoms with E-state index in [2.05, 4.69) is 15.5 Å². The van der Waals surface area contributed by atoms with Crippen molar-refractivity contribution in [3.8, 4) is 22.9 Å². The van der Waals surface area contributed by atoms with Gasteiger partial charge in [0.25, 0.3) is 0 Å². The Morgan fingerprint density at radius 1 is 1.19 bits per heavy atom. The Bertz CT molecular complexity index is 917. The number of halogens is 1. The predicted molar refractivity (Wildman–Crippen MR) is 97.7 cm³/mol. The average Bonchev–Trinajstić information content (AvgIpc) is 3.15. The smallest absolute Gasteiger partial charge is 0.214 e. The molecule has 0 saturated heterocycles. The molecule has 9 heteroatoms. The van der Waals surface area contributed by atoms with Gasteiger partial charge in [-0.3, -0.25) is 0 Å². The molecule has 1 aliphatic heterocycles. The quantitative estimate of drug-likeness (QED) is 0.618. The molecule has 4 rings (SSSR count). The SMILES string of the molecule is COc1ccc(-n2nnnc2SCc2cc(Cl)c3c(c2)OCCO3)cc1. The number of thioether (sulfide) groups is 1. The van der Waals surface area contributed by atoms with Crippen LogP contribution in [0.2, 0.25) is 5.02 Å². The molecule has 3 aromatic rings. The summed E-state index contributed by atoms with van der Waals surface area (Å²) in [6.45, 7) is 1.03. The van der Waals surface area contributed by atoms with E-state index in [4.69, 9.17) is 25.8 Å². The lowest BCUT2D eigenvalue weighted by Gasteiger charge is -2.20. The maximum Gasteiger partial charge on any atom is 0.214 e. The molecule has 1 aromatic heterocycles. The van der Waals surface area contributed by atoms with E-state index in [1.165, 1.54) is 11.8 Å². The summed E-state index contributed by atoms with van der Waals surface area (Å²) < 4.78 is 18.0. The van der Waals surface area contributed by atoms with Gasteiger partial charge in [0.05, 0.1) is 17.8 Å². The standard InChI is InChI=1S/C17H15ClN4O3S/c1-23-13-4-2-12(3-5-13)22-17(19-20-21-22)26-10-11-8-14(18)16-15(9-11)24-6-7-25-16/h2-5,8-9H,6-7,10H2,1H3. The number of nitrogens with zero attached hydrogens (tertiary/aromatic N) is 4. The molecular weight excluding hydrogens is 376 g/mol. The van der Waals surface area contributed by atoms with E-state index in [-0.39, 0.29) is 0 Å². The molecule has 0 saturated carbocycles. The van der Waals surface area contributed by atoms with Crippen molar-refractivity contribution in [2.75, 3.05) is 20.3 Å². The van der Waals surface area contributed by atoms with Crippen molar-refractivity contribution in [3.63, 3.8) is 0 Å². The van der Waals surface area contributed by atoms with E-state index in [1.807, 2.05) is 36.4 Å². The van der Waals surface area contributed by atoms with Gasteiger partial charge in [-0.05, 0) is 52.4 Å². The summed E-state index contributed by atoms with van der Waals surface area (Å²) in [6, 6.07) is 11.4. The van der Waals surface area contributed by atoms with Crippen LogP contribution in [-0.4, -0.2) is 40.5 Å². The highest BCUT2D eigenvalue weighted by atomic mass is 35.5. The Balaban J connectivity index is 1.52. The summed E-state index contributed by atoms with van der Waals surface area (Å²) in [7, 11) is 1.63. The van der Waals surface area contributed by atoms with E-state index >= 15 is 0 Å². The second-order valence-electron chi connectivity index (χ2n) is 5.46. The second kappa shape index (κ2) is 7.43. The molecule has 0 spiro atoms. The molecule has 2 aromatic carbocycles. The number of hydrogen-bond acceptors (Lipinski definition) is 7. The molecule has 1 aliphatic rings. The van der Waals surface area contributed by atoms with Crippen LogP contribution in [0, 0.1) is 0 Å². The van der Waals surface area contributed by atoms with Crippen LogP contribution in [0.1, 0.15) is 5.56 Å². The van der Waals surface area contributed by atoms with E-state index in [0.29, 0.717) is 40.6 Å². The van der Waals surface area contributed by atoms with E-state index in [1.54, 1.807) is 11.8 Å². The number of benzene rings is 2. The molecule has 0 unspecified atom stereocenters. The first-order valence-electron chi connectivity index (χ1n) is 7.88. The summed E-state index contributed by atoms with van der Waals surface area (Å²) in [5.74, 6) is 2.71. The Morgan fingerprint density at radius 3 is 2.81 bits per heavy atom. The number of tetrazole rings is 1. The molecule has 26 heavy (non-hydrogen) atoms. The molecule has 0 aliphatic carbocycles. The number of aromatic nitrogens is 4. The number of rotatable bonds is 5. The van der Waals surface area contributed by atoms with Crippen molar-refractivity contribution in [2.24, 2.45) is 0 Å². The minimum Gasteiger partial charge on any atom is -0.497 e. The zero-order chi connectivity index (χ0) is 17.9. The van der Waals surface area contributed by atoms with Crippen LogP contribution >= 0.6 is 23.4 Å². The Hall–Kier alpha value is -2.45. The molecule has 0 bridgehead atoms. The van der Waals surface area contributed by atoms with Crippen LogP contribution < -0.4 is 14.2 Å². The van der Waals surface area contributed by atoms with Gasteiger partial charge in [0, 0.05) is 5.75 Å². The van der Waals surface area contributed by atoms with Crippen LogP contribution in [0.5, 0.6) is 17.2 Å². The van der Waals surface area contributed by atoms with Gasteiger partial charge in [-0.15, -0.1) is 5.10 Å². The zero-order valence-corrected chi connectivity index (χ0v) is 15.5. The van der Waals surface area contributed by atoms with E-state index < -0.39 is 0 Å².